The maximum Gasteiger partial charge on any atom is 0.193 e. The highest BCUT2D eigenvalue weighted by Crippen LogP contribution is 2.25. The number of methoxy groups -OCH3 is 1. The third kappa shape index (κ3) is 4.48. The lowest BCUT2D eigenvalue weighted by molar-refractivity contribution is 0.111. The van der Waals surface area contributed by atoms with E-state index in [4.69, 9.17) is 22.1 Å². The van der Waals surface area contributed by atoms with Crippen molar-refractivity contribution < 1.29 is 4.74 Å². The van der Waals surface area contributed by atoms with Gasteiger partial charge in [-0.1, -0.05) is 41.9 Å². The van der Waals surface area contributed by atoms with Gasteiger partial charge in [0.25, 0.3) is 0 Å². The Bertz CT molecular complexity index is 658. The number of hydrogen-bond donors (Lipinski definition) is 2. The average Bonchev–Trinajstić information content (AvgIpc) is 2.49. The van der Waals surface area contributed by atoms with Crippen molar-refractivity contribution in [1.82, 2.24) is 0 Å². The molecular weight excluding hydrogens is 298 g/mol. The number of nitrogens with two attached hydrogens (primary N) is 1. The monoisotopic (exact) mass is 317 g/mol. The Kier molecular flexibility index (Phi) is 5.81. The van der Waals surface area contributed by atoms with Crippen molar-refractivity contribution in [2.75, 3.05) is 19.0 Å². The predicted molar refractivity (Wildman–Crippen MR) is 92.5 cm³/mol. The second-order valence-corrected chi connectivity index (χ2v) is 5.37. The van der Waals surface area contributed by atoms with Crippen LogP contribution in [-0.4, -0.2) is 19.6 Å². The number of nitrogens with one attached hydrogen (secondary N) is 1. The maximum atomic E-state index is 6.18. The molecule has 0 aliphatic carbocycles. The minimum atomic E-state index is -0.230. The lowest BCUT2D eigenvalue weighted by atomic mass is 10.1. The zero-order chi connectivity index (χ0) is 15.9. The van der Waals surface area contributed by atoms with Crippen molar-refractivity contribution in [2.45, 2.75) is 13.0 Å². The maximum absolute atomic E-state index is 6.18. The number of guanidine groups is 1. The fourth-order valence-electron chi connectivity index (χ4n) is 2.13. The Morgan fingerprint density at radius 3 is 2.73 bits per heavy atom. The van der Waals surface area contributed by atoms with E-state index in [-0.39, 0.29) is 6.10 Å². The van der Waals surface area contributed by atoms with E-state index in [1.807, 2.05) is 55.5 Å². The van der Waals surface area contributed by atoms with Gasteiger partial charge in [-0.3, -0.25) is 4.99 Å². The molecule has 0 saturated heterocycles. The average molecular weight is 318 g/mol. The predicted octanol–water partition coefficient (Wildman–Crippen LogP) is 3.76. The lowest BCUT2D eigenvalue weighted by Crippen LogP contribution is -2.24. The summed E-state index contributed by atoms with van der Waals surface area (Å²) >= 11 is 6.18. The second kappa shape index (κ2) is 7.82. The molecule has 2 rings (SSSR count). The largest absolute Gasteiger partial charge is 0.375 e. The van der Waals surface area contributed by atoms with Crippen molar-refractivity contribution in [1.29, 1.82) is 0 Å². The fraction of sp³-hybridized carbons (Fsp3) is 0.235. The number of hydrogen-bond acceptors (Lipinski definition) is 2. The Balaban J connectivity index is 2.04. The molecule has 4 nitrogen and oxygen atoms in total. The molecule has 0 fully saturated rings. The van der Waals surface area contributed by atoms with Crippen molar-refractivity contribution in [2.24, 2.45) is 10.7 Å². The highest BCUT2D eigenvalue weighted by atomic mass is 35.5. The van der Waals surface area contributed by atoms with Gasteiger partial charge in [-0.25, -0.2) is 0 Å². The van der Waals surface area contributed by atoms with E-state index in [0.717, 1.165) is 16.8 Å². The molecule has 116 valence electrons. The number of ether oxygens (including phenoxy) is 1. The van der Waals surface area contributed by atoms with Gasteiger partial charge >= 0.3 is 0 Å². The molecule has 0 amide bonds. The van der Waals surface area contributed by atoms with E-state index >= 15 is 0 Å². The van der Waals surface area contributed by atoms with Gasteiger partial charge in [-0.15, -0.1) is 0 Å². The van der Waals surface area contributed by atoms with Crippen LogP contribution >= 0.6 is 11.6 Å². The molecule has 0 aliphatic rings. The number of anilines is 1. The molecule has 0 bridgehead atoms. The summed E-state index contributed by atoms with van der Waals surface area (Å²) in [6.07, 6.45) is -0.230. The minimum Gasteiger partial charge on any atom is -0.375 e. The van der Waals surface area contributed by atoms with Crippen LogP contribution in [0.2, 0.25) is 5.02 Å². The van der Waals surface area contributed by atoms with E-state index in [9.17, 15) is 0 Å². The first-order valence-electron chi connectivity index (χ1n) is 7.01. The van der Waals surface area contributed by atoms with E-state index in [1.54, 1.807) is 7.11 Å². The van der Waals surface area contributed by atoms with Crippen LogP contribution in [0.5, 0.6) is 0 Å². The Morgan fingerprint density at radius 1 is 1.27 bits per heavy atom. The molecule has 0 radical (unpaired) electrons. The summed E-state index contributed by atoms with van der Waals surface area (Å²) in [6.45, 7) is 2.42. The van der Waals surface area contributed by atoms with Gasteiger partial charge in [0.15, 0.2) is 5.96 Å². The Hall–Kier alpha value is -2.04. The summed E-state index contributed by atoms with van der Waals surface area (Å²) in [6, 6.07) is 15.5. The molecule has 2 aromatic carbocycles. The molecule has 0 heterocycles. The number of aliphatic imine (C=N–C) groups is 1. The van der Waals surface area contributed by atoms with Crippen LogP contribution in [0, 0.1) is 6.92 Å². The molecule has 0 saturated carbocycles. The third-order valence-electron chi connectivity index (χ3n) is 3.25. The molecule has 0 spiro atoms. The first kappa shape index (κ1) is 16.3. The van der Waals surface area contributed by atoms with Crippen LogP contribution in [0.15, 0.2) is 53.5 Å². The molecule has 22 heavy (non-hydrogen) atoms. The van der Waals surface area contributed by atoms with Gasteiger partial charge in [-0.2, -0.15) is 0 Å². The molecule has 0 aliphatic heterocycles. The highest BCUT2D eigenvalue weighted by molar-refractivity contribution is 6.31. The van der Waals surface area contributed by atoms with Gasteiger partial charge in [0.05, 0.1) is 6.54 Å². The molecule has 1 atom stereocenters. The summed E-state index contributed by atoms with van der Waals surface area (Å²) in [5, 5.41) is 3.73. The van der Waals surface area contributed by atoms with E-state index < -0.39 is 0 Å². The zero-order valence-corrected chi connectivity index (χ0v) is 13.5. The first-order valence-corrected chi connectivity index (χ1v) is 7.39. The van der Waals surface area contributed by atoms with Gasteiger partial charge in [-0.05, 0) is 30.7 Å². The quantitative estimate of drug-likeness (QED) is 0.652. The van der Waals surface area contributed by atoms with Crippen LogP contribution in [-0.2, 0) is 4.74 Å². The van der Waals surface area contributed by atoms with Crippen LogP contribution < -0.4 is 11.1 Å². The van der Waals surface area contributed by atoms with Gasteiger partial charge in [0.1, 0.15) is 6.10 Å². The van der Waals surface area contributed by atoms with Crippen molar-refractivity contribution in [3.05, 3.63) is 64.7 Å². The van der Waals surface area contributed by atoms with Gasteiger partial charge in [0, 0.05) is 23.4 Å². The van der Waals surface area contributed by atoms with E-state index in [1.165, 1.54) is 0 Å². The molecule has 3 N–H and O–H groups in total. The summed E-state index contributed by atoms with van der Waals surface area (Å²) in [7, 11) is 1.63. The standard InChI is InChI=1S/C17H20ClN3O/c1-12-6-5-7-13(10-12)21-17(19)20-11-16(22-2)14-8-3-4-9-15(14)18/h3-10,16H,11H2,1-2H3,(H3,19,20,21). The van der Waals surface area contributed by atoms with Crippen LogP contribution in [0.25, 0.3) is 0 Å². The fourth-order valence-corrected chi connectivity index (χ4v) is 2.38. The summed E-state index contributed by atoms with van der Waals surface area (Å²) in [5.41, 5.74) is 8.89. The van der Waals surface area contributed by atoms with E-state index in [2.05, 4.69) is 10.3 Å². The van der Waals surface area contributed by atoms with Crippen LogP contribution in [0.3, 0.4) is 0 Å². The highest BCUT2D eigenvalue weighted by Gasteiger charge is 2.13. The summed E-state index contributed by atoms with van der Waals surface area (Å²) < 4.78 is 5.46. The van der Waals surface area contributed by atoms with Crippen molar-refractivity contribution in [3.63, 3.8) is 0 Å². The molecule has 5 heteroatoms. The lowest BCUT2D eigenvalue weighted by Gasteiger charge is -2.15. The SMILES string of the molecule is COC(CN=C(N)Nc1cccc(C)c1)c1ccccc1Cl. The minimum absolute atomic E-state index is 0.230. The third-order valence-corrected chi connectivity index (χ3v) is 3.60. The number of aryl methyl sites for hydroxylation is 1. The number of benzene rings is 2. The molecule has 0 aromatic heterocycles. The molecular formula is C17H20ClN3O. The molecule has 1 unspecified atom stereocenters. The summed E-state index contributed by atoms with van der Waals surface area (Å²) in [5.74, 6) is 0.347. The smallest absolute Gasteiger partial charge is 0.193 e. The van der Waals surface area contributed by atoms with Crippen LogP contribution in [0.1, 0.15) is 17.2 Å². The second-order valence-electron chi connectivity index (χ2n) is 4.97. The zero-order valence-electron chi connectivity index (χ0n) is 12.7. The van der Waals surface area contributed by atoms with Crippen molar-refractivity contribution in [3.8, 4) is 0 Å². The number of halogens is 1. The number of rotatable bonds is 5. The van der Waals surface area contributed by atoms with Gasteiger partial charge < -0.3 is 15.8 Å². The van der Waals surface area contributed by atoms with Crippen LogP contribution in [0.4, 0.5) is 5.69 Å². The van der Waals surface area contributed by atoms with Crippen molar-refractivity contribution >= 4 is 23.2 Å². The Morgan fingerprint density at radius 2 is 2.05 bits per heavy atom. The van der Waals surface area contributed by atoms with Gasteiger partial charge in [0.2, 0.25) is 0 Å². The first-order chi connectivity index (χ1) is 10.6. The Labute approximate surface area is 136 Å². The van der Waals surface area contributed by atoms with E-state index in [0.29, 0.717) is 17.5 Å². The topological polar surface area (TPSA) is 59.6 Å². The molecule has 2 aromatic rings. The summed E-state index contributed by atoms with van der Waals surface area (Å²) in [4.78, 5) is 4.34. The number of nitrogens with zero attached hydrogens (tertiary/aromatic N) is 1. The normalized spacial score (nSPS) is 13.0.